The number of hydrogen-bond donors (Lipinski definition) is 0. The zero-order valence-electron chi connectivity index (χ0n) is 6.35. The molecule has 1 aliphatic heterocycles. The fourth-order valence-electron chi connectivity index (χ4n) is 1.17. The van der Waals surface area contributed by atoms with Crippen LogP contribution in [-0.4, -0.2) is 11.8 Å². The number of rotatable bonds is 0. The highest BCUT2D eigenvalue weighted by molar-refractivity contribution is 5.58. The second kappa shape index (κ2) is 2.51. The average Bonchev–Trinajstić information content (AvgIpc) is 1.92. The number of hydrogen-bond acceptors (Lipinski definition) is 1. The van der Waals surface area contributed by atoms with Crippen molar-refractivity contribution >= 4 is 6.21 Å². The molecule has 1 heterocycles. The lowest BCUT2D eigenvalue weighted by atomic mass is 9.99. The van der Waals surface area contributed by atoms with Crippen LogP contribution in [0.15, 0.2) is 4.99 Å². The summed E-state index contributed by atoms with van der Waals surface area (Å²) in [6, 6.07) is 0. The smallest absolute Gasteiger partial charge is 0.0548 e. The van der Waals surface area contributed by atoms with Gasteiger partial charge in [-0.1, -0.05) is 6.42 Å². The molecule has 0 unspecified atom stereocenters. The van der Waals surface area contributed by atoms with Gasteiger partial charge in [0.25, 0.3) is 0 Å². The third-order valence-corrected chi connectivity index (χ3v) is 1.81. The summed E-state index contributed by atoms with van der Waals surface area (Å²) >= 11 is 0. The van der Waals surface area contributed by atoms with Crippen LogP contribution >= 0.6 is 0 Å². The summed E-state index contributed by atoms with van der Waals surface area (Å²) < 4.78 is 0. The van der Waals surface area contributed by atoms with E-state index in [2.05, 4.69) is 25.1 Å². The van der Waals surface area contributed by atoms with E-state index in [4.69, 9.17) is 0 Å². The number of aliphatic imine (C=N–C) groups is 1. The van der Waals surface area contributed by atoms with E-state index in [1.165, 1.54) is 25.7 Å². The van der Waals surface area contributed by atoms with Gasteiger partial charge in [0.2, 0.25) is 0 Å². The molecular weight excluding hydrogens is 110 g/mol. The molecule has 1 rings (SSSR count). The lowest BCUT2D eigenvalue weighted by molar-refractivity contribution is 0.469. The van der Waals surface area contributed by atoms with Gasteiger partial charge in [-0.15, -0.1) is 0 Å². The normalized spacial score (nSPS) is 25.6. The zero-order valence-corrected chi connectivity index (χ0v) is 6.35. The largest absolute Gasteiger partial charge is 0.291 e. The molecule has 0 atom stereocenters. The second-order valence-electron chi connectivity index (χ2n) is 3.37. The molecular formula is C8H15N. The molecule has 0 spiro atoms. The average molecular weight is 125 g/mol. The molecule has 0 aliphatic carbocycles. The van der Waals surface area contributed by atoms with Crippen LogP contribution in [-0.2, 0) is 0 Å². The molecule has 0 saturated heterocycles. The predicted octanol–water partition coefficient (Wildman–Crippen LogP) is 2.41. The van der Waals surface area contributed by atoms with Crippen molar-refractivity contribution in [1.29, 1.82) is 0 Å². The summed E-state index contributed by atoms with van der Waals surface area (Å²) in [7, 11) is 0. The van der Waals surface area contributed by atoms with Gasteiger partial charge in [-0.05, 0) is 39.3 Å². The maximum atomic E-state index is 4.43. The Morgan fingerprint density at radius 1 is 1.33 bits per heavy atom. The summed E-state index contributed by atoms with van der Waals surface area (Å²) in [4.78, 5) is 4.43. The van der Waals surface area contributed by atoms with Gasteiger partial charge in [-0.3, -0.25) is 4.99 Å². The summed E-state index contributed by atoms with van der Waals surface area (Å²) in [6.45, 7) is 4.41. The molecule has 0 fully saturated rings. The van der Waals surface area contributed by atoms with E-state index in [1.54, 1.807) is 0 Å². The molecule has 0 aromatic carbocycles. The van der Waals surface area contributed by atoms with Crippen molar-refractivity contribution in [3.8, 4) is 0 Å². The Morgan fingerprint density at radius 3 is 2.89 bits per heavy atom. The van der Waals surface area contributed by atoms with E-state index in [-0.39, 0.29) is 5.54 Å². The monoisotopic (exact) mass is 125 g/mol. The first-order chi connectivity index (χ1) is 4.21. The topological polar surface area (TPSA) is 12.4 Å². The molecule has 0 N–H and O–H groups in total. The van der Waals surface area contributed by atoms with Gasteiger partial charge >= 0.3 is 0 Å². The van der Waals surface area contributed by atoms with Crippen molar-refractivity contribution in [2.45, 2.75) is 45.1 Å². The van der Waals surface area contributed by atoms with Crippen molar-refractivity contribution < 1.29 is 0 Å². The second-order valence-corrected chi connectivity index (χ2v) is 3.37. The Labute approximate surface area is 57.2 Å². The maximum absolute atomic E-state index is 4.43. The van der Waals surface area contributed by atoms with Gasteiger partial charge in [-0.25, -0.2) is 0 Å². The van der Waals surface area contributed by atoms with Crippen LogP contribution in [0.4, 0.5) is 0 Å². The van der Waals surface area contributed by atoms with Crippen LogP contribution < -0.4 is 0 Å². The van der Waals surface area contributed by atoms with E-state index in [9.17, 15) is 0 Å². The van der Waals surface area contributed by atoms with E-state index in [0.29, 0.717) is 0 Å². The highest BCUT2D eigenvalue weighted by Crippen LogP contribution is 2.20. The molecule has 52 valence electrons. The van der Waals surface area contributed by atoms with Gasteiger partial charge in [-0.2, -0.15) is 0 Å². The predicted molar refractivity (Wildman–Crippen MR) is 41.0 cm³/mol. The molecule has 1 heteroatoms. The Balaban J connectivity index is 2.52. The van der Waals surface area contributed by atoms with Crippen molar-refractivity contribution in [2.75, 3.05) is 0 Å². The summed E-state index contributed by atoms with van der Waals surface area (Å²) in [5, 5.41) is 0. The van der Waals surface area contributed by atoms with Crippen LogP contribution in [0.1, 0.15) is 39.5 Å². The van der Waals surface area contributed by atoms with Crippen LogP contribution in [0.2, 0.25) is 0 Å². The minimum atomic E-state index is 0.233. The number of nitrogens with zero attached hydrogens (tertiary/aromatic N) is 1. The van der Waals surface area contributed by atoms with E-state index in [0.717, 1.165) is 0 Å². The van der Waals surface area contributed by atoms with Gasteiger partial charge < -0.3 is 0 Å². The quantitative estimate of drug-likeness (QED) is 0.471. The van der Waals surface area contributed by atoms with Crippen LogP contribution in [0, 0.1) is 0 Å². The Morgan fingerprint density at radius 2 is 2.11 bits per heavy atom. The van der Waals surface area contributed by atoms with Crippen LogP contribution in [0.5, 0.6) is 0 Å². The molecule has 1 nitrogen and oxygen atoms in total. The van der Waals surface area contributed by atoms with E-state index < -0.39 is 0 Å². The fraction of sp³-hybridized carbons (Fsp3) is 0.875. The first-order valence-corrected chi connectivity index (χ1v) is 3.74. The van der Waals surface area contributed by atoms with Crippen molar-refractivity contribution in [3.63, 3.8) is 0 Å². The van der Waals surface area contributed by atoms with Crippen molar-refractivity contribution in [2.24, 2.45) is 4.99 Å². The summed E-state index contributed by atoms with van der Waals surface area (Å²) in [5.74, 6) is 0. The lowest BCUT2D eigenvalue weighted by Gasteiger charge is -2.16. The van der Waals surface area contributed by atoms with Crippen LogP contribution in [0.25, 0.3) is 0 Å². The summed E-state index contributed by atoms with van der Waals surface area (Å²) in [6.07, 6.45) is 7.18. The van der Waals surface area contributed by atoms with Crippen molar-refractivity contribution in [3.05, 3.63) is 0 Å². The first-order valence-electron chi connectivity index (χ1n) is 3.74. The van der Waals surface area contributed by atoms with Gasteiger partial charge in [0, 0.05) is 0 Å². The highest BCUT2D eigenvalue weighted by Gasteiger charge is 2.15. The van der Waals surface area contributed by atoms with Gasteiger partial charge in [0.15, 0.2) is 0 Å². The van der Waals surface area contributed by atoms with Crippen molar-refractivity contribution in [1.82, 2.24) is 0 Å². The van der Waals surface area contributed by atoms with E-state index in [1.807, 2.05) is 0 Å². The minimum Gasteiger partial charge on any atom is -0.291 e. The Kier molecular flexibility index (Phi) is 1.89. The molecule has 0 aromatic rings. The zero-order chi connectivity index (χ0) is 6.74. The molecule has 1 aliphatic rings. The molecule has 0 radical (unpaired) electrons. The molecule has 0 amide bonds. The van der Waals surface area contributed by atoms with Crippen LogP contribution in [0.3, 0.4) is 0 Å². The first kappa shape index (κ1) is 6.79. The van der Waals surface area contributed by atoms with Gasteiger partial charge in [0.05, 0.1) is 5.54 Å². The van der Waals surface area contributed by atoms with Gasteiger partial charge in [0.1, 0.15) is 0 Å². The maximum Gasteiger partial charge on any atom is 0.0548 e. The summed E-state index contributed by atoms with van der Waals surface area (Å²) in [5.41, 5.74) is 0.233. The minimum absolute atomic E-state index is 0.233. The third kappa shape index (κ3) is 2.17. The third-order valence-electron chi connectivity index (χ3n) is 1.81. The lowest BCUT2D eigenvalue weighted by Crippen LogP contribution is -2.14. The Hall–Kier alpha value is -0.330. The molecule has 9 heavy (non-hydrogen) atoms. The molecule has 0 saturated carbocycles. The standard InChI is InChI=1S/C8H15N/c1-8(2)6-4-3-5-7-9-8/h7H,3-6H2,1-2H3. The Bertz CT molecular complexity index is 114. The SMILES string of the molecule is CC1(C)CCCCC=N1. The highest BCUT2D eigenvalue weighted by atomic mass is 14.8. The molecule has 0 aromatic heterocycles. The van der Waals surface area contributed by atoms with E-state index >= 15 is 0 Å². The molecule has 0 bridgehead atoms. The fourth-order valence-corrected chi connectivity index (χ4v) is 1.17.